The number of carbonyl (C=O) groups is 3. The molecule has 1 aromatic carbocycles. The van der Waals surface area contributed by atoms with E-state index in [-0.39, 0.29) is 30.7 Å². The van der Waals surface area contributed by atoms with Crippen molar-refractivity contribution < 1.29 is 19.1 Å². The molecule has 0 aromatic heterocycles. The lowest BCUT2D eigenvalue weighted by atomic mass is 10.2. The summed E-state index contributed by atoms with van der Waals surface area (Å²) in [4.78, 5) is 39.5. The number of hydrogen-bond donors (Lipinski definition) is 0. The van der Waals surface area contributed by atoms with Crippen LogP contribution in [0, 0.1) is 6.92 Å². The van der Waals surface area contributed by atoms with Crippen LogP contribution >= 0.6 is 11.8 Å². The van der Waals surface area contributed by atoms with Gasteiger partial charge in [-0.05, 0) is 32.4 Å². The molecular formula is C18H22N2O4S. The number of amides is 2. The molecule has 0 atom stereocenters. The van der Waals surface area contributed by atoms with Crippen LogP contribution in [0.5, 0.6) is 0 Å². The summed E-state index contributed by atoms with van der Waals surface area (Å²) in [6.45, 7) is 6.20. The zero-order valence-electron chi connectivity index (χ0n) is 14.7. The van der Waals surface area contributed by atoms with E-state index in [1.807, 2.05) is 38.1 Å². The Bertz CT molecular complexity index is 702. The maximum atomic E-state index is 12.8. The summed E-state index contributed by atoms with van der Waals surface area (Å²) in [6.07, 6.45) is 1.27. The van der Waals surface area contributed by atoms with Crippen molar-refractivity contribution in [1.29, 1.82) is 0 Å². The first kappa shape index (κ1) is 19.1. The summed E-state index contributed by atoms with van der Waals surface area (Å²) < 4.78 is 4.88. The van der Waals surface area contributed by atoms with Crippen molar-refractivity contribution in [1.82, 2.24) is 4.90 Å². The summed E-state index contributed by atoms with van der Waals surface area (Å²) in [6, 6.07) is 7.61. The molecule has 2 rings (SSSR count). The zero-order chi connectivity index (χ0) is 18.4. The Labute approximate surface area is 151 Å². The molecule has 0 unspecified atom stereocenters. The number of anilines is 1. The van der Waals surface area contributed by atoms with Crippen LogP contribution in [0.15, 0.2) is 35.4 Å². The Morgan fingerprint density at radius 3 is 2.68 bits per heavy atom. The number of aryl methyl sites for hydroxylation is 1. The van der Waals surface area contributed by atoms with E-state index in [1.54, 1.807) is 11.8 Å². The van der Waals surface area contributed by atoms with E-state index in [0.717, 1.165) is 11.3 Å². The number of carbonyl (C=O) groups excluding carboxylic acids is 3. The predicted molar refractivity (Wildman–Crippen MR) is 98.1 cm³/mol. The number of esters is 1. The number of likely N-dealkylation sites (N-methyl/N-ethyl adjacent to an activating group) is 1. The van der Waals surface area contributed by atoms with Crippen LogP contribution < -0.4 is 4.90 Å². The number of para-hydroxylation sites is 1. The lowest BCUT2D eigenvalue weighted by molar-refractivity contribution is -0.137. The first-order valence-corrected chi connectivity index (χ1v) is 9.14. The van der Waals surface area contributed by atoms with Crippen molar-refractivity contribution in [3.05, 3.63) is 40.9 Å². The predicted octanol–water partition coefficient (Wildman–Crippen LogP) is 2.33. The molecular weight excluding hydrogens is 340 g/mol. The molecule has 1 fully saturated rings. The van der Waals surface area contributed by atoms with Crippen molar-refractivity contribution in [2.75, 3.05) is 30.3 Å². The summed E-state index contributed by atoms with van der Waals surface area (Å²) >= 11 is 1.24. The van der Waals surface area contributed by atoms with Crippen molar-refractivity contribution in [2.45, 2.75) is 20.8 Å². The average molecular weight is 362 g/mol. The van der Waals surface area contributed by atoms with Gasteiger partial charge >= 0.3 is 5.97 Å². The quantitative estimate of drug-likeness (QED) is 0.574. The topological polar surface area (TPSA) is 66.9 Å². The fourth-order valence-electron chi connectivity index (χ4n) is 2.55. The molecule has 1 saturated heterocycles. The van der Waals surface area contributed by atoms with E-state index >= 15 is 0 Å². The van der Waals surface area contributed by atoms with Crippen molar-refractivity contribution >= 4 is 35.2 Å². The van der Waals surface area contributed by atoms with E-state index in [4.69, 9.17) is 4.74 Å². The normalized spacial score (nSPS) is 15.6. The zero-order valence-corrected chi connectivity index (χ0v) is 15.5. The molecule has 1 aliphatic rings. The maximum Gasteiger partial charge on any atom is 0.333 e. The molecule has 0 saturated carbocycles. The largest absolute Gasteiger partial charge is 0.463 e. The van der Waals surface area contributed by atoms with Gasteiger partial charge in [0, 0.05) is 12.2 Å². The lowest BCUT2D eigenvalue weighted by Gasteiger charge is -2.25. The molecule has 134 valence electrons. The minimum Gasteiger partial charge on any atom is -0.463 e. The molecule has 0 spiro atoms. The highest BCUT2D eigenvalue weighted by atomic mass is 32.2. The fourth-order valence-corrected chi connectivity index (χ4v) is 3.48. The molecule has 7 heteroatoms. The number of thioether (sulfide) groups is 1. The number of ether oxygens (including phenoxy) is 1. The molecule has 0 N–H and O–H groups in total. The Morgan fingerprint density at radius 1 is 1.32 bits per heavy atom. The third-order valence-corrected chi connectivity index (χ3v) is 4.78. The molecule has 6 nitrogen and oxygen atoms in total. The van der Waals surface area contributed by atoms with Crippen molar-refractivity contribution in [3.8, 4) is 0 Å². The van der Waals surface area contributed by atoms with Gasteiger partial charge in [0.25, 0.3) is 0 Å². The van der Waals surface area contributed by atoms with E-state index in [0.29, 0.717) is 11.6 Å². The third kappa shape index (κ3) is 4.63. The number of hydrogen-bond acceptors (Lipinski definition) is 5. The van der Waals surface area contributed by atoms with Gasteiger partial charge in [-0.15, -0.1) is 0 Å². The lowest BCUT2D eigenvalue weighted by Crippen LogP contribution is -2.41. The van der Waals surface area contributed by atoms with E-state index in [2.05, 4.69) is 0 Å². The molecule has 0 radical (unpaired) electrons. The number of nitrogens with zero attached hydrogens (tertiary/aromatic N) is 2. The van der Waals surface area contributed by atoms with Crippen molar-refractivity contribution in [2.24, 2.45) is 0 Å². The van der Waals surface area contributed by atoms with Crippen LogP contribution in [0.3, 0.4) is 0 Å². The Hall–Kier alpha value is -2.28. The van der Waals surface area contributed by atoms with Crippen molar-refractivity contribution in [3.63, 3.8) is 0 Å². The minimum absolute atomic E-state index is 0.0980. The summed E-state index contributed by atoms with van der Waals surface area (Å²) in [5.41, 5.74) is 1.81. The molecule has 1 heterocycles. The number of benzene rings is 1. The highest BCUT2D eigenvalue weighted by Crippen LogP contribution is 2.29. The van der Waals surface area contributed by atoms with Gasteiger partial charge < -0.3 is 9.64 Å². The van der Waals surface area contributed by atoms with Gasteiger partial charge in [-0.3, -0.25) is 14.5 Å². The van der Waals surface area contributed by atoms with Gasteiger partial charge in [0.15, 0.2) is 0 Å². The van der Waals surface area contributed by atoms with E-state index < -0.39 is 5.97 Å². The van der Waals surface area contributed by atoms with Crippen LogP contribution in [0.4, 0.5) is 5.69 Å². The van der Waals surface area contributed by atoms with Crippen LogP contribution in [0.25, 0.3) is 0 Å². The van der Waals surface area contributed by atoms with E-state index in [1.165, 1.54) is 22.7 Å². The monoisotopic (exact) mass is 362 g/mol. The summed E-state index contributed by atoms with van der Waals surface area (Å²) in [5, 5.41) is 0.456. The first-order chi connectivity index (χ1) is 12.0. The molecule has 0 aliphatic carbocycles. The molecule has 0 bridgehead atoms. The second-order valence-corrected chi connectivity index (χ2v) is 6.42. The van der Waals surface area contributed by atoms with Crippen LogP contribution in [0.2, 0.25) is 0 Å². The Kier molecular flexibility index (Phi) is 6.64. The van der Waals surface area contributed by atoms with Crippen LogP contribution in [0.1, 0.15) is 19.4 Å². The third-order valence-electron chi connectivity index (χ3n) is 3.76. The highest BCUT2D eigenvalue weighted by Gasteiger charge is 2.31. The fraction of sp³-hybridized carbons (Fsp3) is 0.389. The van der Waals surface area contributed by atoms with Gasteiger partial charge in [-0.1, -0.05) is 30.0 Å². The van der Waals surface area contributed by atoms with Gasteiger partial charge in [-0.2, -0.15) is 0 Å². The Morgan fingerprint density at radius 2 is 2.04 bits per heavy atom. The van der Waals surface area contributed by atoms with Gasteiger partial charge in [-0.25, -0.2) is 4.79 Å². The van der Waals surface area contributed by atoms with Gasteiger partial charge in [0.2, 0.25) is 11.8 Å². The van der Waals surface area contributed by atoms with E-state index in [9.17, 15) is 14.4 Å². The maximum absolute atomic E-state index is 12.8. The molecule has 1 aliphatic heterocycles. The second kappa shape index (κ2) is 8.71. The van der Waals surface area contributed by atoms with Crippen LogP contribution in [-0.2, 0) is 19.1 Å². The average Bonchev–Trinajstić information content (AvgIpc) is 2.90. The summed E-state index contributed by atoms with van der Waals surface area (Å²) in [5.74, 6) is -0.671. The first-order valence-electron chi connectivity index (χ1n) is 8.15. The highest BCUT2D eigenvalue weighted by molar-refractivity contribution is 8.04. The molecule has 1 aromatic rings. The SMILES string of the molecule is CCOC(=O)/C=C1\SCC(=O)N1CC(=O)N(CC)c1ccccc1C. The standard InChI is InChI=1S/C18H22N2O4S/c1-4-19(14-9-7-6-8-13(14)3)15(21)11-20-16(22)12-25-17(20)10-18(23)24-5-2/h6-10H,4-5,11-12H2,1-3H3/b17-10-. The van der Waals surface area contributed by atoms with Crippen LogP contribution in [-0.4, -0.2) is 48.1 Å². The second-order valence-electron chi connectivity index (χ2n) is 5.43. The van der Waals surface area contributed by atoms with Gasteiger partial charge in [0.1, 0.15) is 6.54 Å². The molecule has 2 amide bonds. The smallest absolute Gasteiger partial charge is 0.333 e. The number of rotatable bonds is 6. The Balaban J connectivity index is 2.17. The minimum atomic E-state index is -0.511. The summed E-state index contributed by atoms with van der Waals surface area (Å²) in [7, 11) is 0. The molecule has 25 heavy (non-hydrogen) atoms. The van der Waals surface area contributed by atoms with Gasteiger partial charge in [0.05, 0.1) is 23.5 Å².